The molecule has 1 atom stereocenters. The maximum Gasteiger partial charge on any atom is 0.326 e. The zero-order chi connectivity index (χ0) is 18.1. The predicted octanol–water partition coefficient (Wildman–Crippen LogP) is 2.43. The summed E-state index contributed by atoms with van der Waals surface area (Å²) in [6.07, 6.45) is 5.09. The van der Waals surface area contributed by atoms with Gasteiger partial charge in [0.25, 0.3) is 0 Å². The molecule has 0 amide bonds. The van der Waals surface area contributed by atoms with Gasteiger partial charge in [0.2, 0.25) is 0 Å². The molecule has 0 spiro atoms. The van der Waals surface area contributed by atoms with Gasteiger partial charge in [0, 0.05) is 12.7 Å². The van der Waals surface area contributed by atoms with Gasteiger partial charge in [0.1, 0.15) is 0 Å². The highest BCUT2D eigenvalue weighted by Crippen LogP contribution is 2.27. The molecule has 1 fully saturated rings. The van der Waals surface area contributed by atoms with Crippen molar-refractivity contribution in [1.29, 1.82) is 0 Å². The van der Waals surface area contributed by atoms with E-state index < -0.39 is 0 Å². The third-order valence-corrected chi connectivity index (χ3v) is 5.83. The van der Waals surface area contributed by atoms with Crippen LogP contribution in [-0.4, -0.2) is 34.2 Å². The van der Waals surface area contributed by atoms with E-state index in [4.69, 9.17) is 23.2 Å². The summed E-state index contributed by atoms with van der Waals surface area (Å²) >= 11 is 12.4. The normalized spacial score (nSPS) is 19.2. The van der Waals surface area contributed by atoms with E-state index in [-0.39, 0.29) is 5.69 Å². The van der Waals surface area contributed by atoms with E-state index in [2.05, 4.69) is 15.7 Å². The minimum absolute atomic E-state index is 0.141. The summed E-state index contributed by atoms with van der Waals surface area (Å²) in [5.41, 5.74) is 5.92. The molecule has 6 nitrogen and oxygen atoms in total. The van der Waals surface area contributed by atoms with E-state index in [9.17, 15) is 4.79 Å². The smallest absolute Gasteiger partial charge is 0.316 e. The lowest BCUT2D eigenvalue weighted by Crippen LogP contribution is -2.39. The first-order valence-corrected chi connectivity index (χ1v) is 9.51. The number of imidazole rings is 1. The molecular formula is C18H21Cl2N5O. The van der Waals surface area contributed by atoms with Crippen LogP contribution in [0.4, 0.5) is 0 Å². The van der Waals surface area contributed by atoms with Crippen LogP contribution in [0.3, 0.4) is 0 Å². The SMILES string of the molecule is O=c1[nH]c2c(n1Cc1cccc(Cl)c1Cl)CN(NCC1CCNC1)C=C2. The summed E-state index contributed by atoms with van der Waals surface area (Å²) in [5.74, 6) is 0.642. The van der Waals surface area contributed by atoms with E-state index in [0.717, 1.165) is 36.6 Å². The Labute approximate surface area is 161 Å². The number of H-pyrrole nitrogens is 1. The van der Waals surface area contributed by atoms with Crippen molar-refractivity contribution >= 4 is 29.3 Å². The molecule has 1 aromatic heterocycles. The number of aromatic nitrogens is 2. The van der Waals surface area contributed by atoms with Crippen LogP contribution in [0.2, 0.25) is 10.0 Å². The van der Waals surface area contributed by atoms with Gasteiger partial charge in [-0.2, -0.15) is 0 Å². The van der Waals surface area contributed by atoms with Gasteiger partial charge >= 0.3 is 5.69 Å². The van der Waals surface area contributed by atoms with E-state index in [1.807, 2.05) is 29.4 Å². The molecule has 0 radical (unpaired) electrons. The summed E-state index contributed by atoms with van der Waals surface area (Å²) in [6, 6.07) is 5.48. The predicted molar refractivity (Wildman–Crippen MR) is 104 cm³/mol. The van der Waals surface area contributed by atoms with Gasteiger partial charge in [0.15, 0.2) is 0 Å². The average Bonchev–Trinajstić information content (AvgIpc) is 3.25. The molecule has 1 aromatic carbocycles. The molecule has 0 bridgehead atoms. The molecule has 1 unspecified atom stereocenters. The standard InChI is InChI=1S/C18H21Cl2N5O/c19-14-3-1-2-13(17(14)20)10-25-16-11-24(7-5-15(16)23-18(25)26)22-9-12-4-6-21-8-12/h1-3,5,7,12,21-22H,4,6,8-11H2,(H,23,26). The number of hydrogen-bond donors (Lipinski definition) is 3. The van der Waals surface area contributed by atoms with Crippen molar-refractivity contribution < 1.29 is 0 Å². The average molecular weight is 394 g/mol. The molecule has 3 heterocycles. The maximum absolute atomic E-state index is 12.4. The molecule has 3 N–H and O–H groups in total. The largest absolute Gasteiger partial charge is 0.326 e. The van der Waals surface area contributed by atoms with E-state index in [1.165, 1.54) is 6.42 Å². The van der Waals surface area contributed by atoms with Crippen molar-refractivity contribution in [1.82, 2.24) is 25.3 Å². The lowest BCUT2D eigenvalue weighted by atomic mass is 10.1. The zero-order valence-electron chi connectivity index (χ0n) is 14.3. The summed E-state index contributed by atoms with van der Waals surface area (Å²) in [7, 11) is 0. The Morgan fingerprint density at radius 2 is 2.19 bits per heavy atom. The van der Waals surface area contributed by atoms with Gasteiger partial charge in [-0.15, -0.1) is 0 Å². The van der Waals surface area contributed by atoms with Gasteiger partial charge in [0.05, 0.1) is 34.5 Å². The van der Waals surface area contributed by atoms with E-state index in [0.29, 0.717) is 29.1 Å². The van der Waals surface area contributed by atoms with Crippen molar-refractivity contribution in [2.75, 3.05) is 19.6 Å². The third-order valence-electron chi connectivity index (χ3n) is 4.97. The van der Waals surface area contributed by atoms with E-state index >= 15 is 0 Å². The summed E-state index contributed by atoms with van der Waals surface area (Å²) in [4.78, 5) is 15.3. The molecule has 2 aliphatic heterocycles. The molecular weight excluding hydrogens is 373 g/mol. The van der Waals surface area contributed by atoms with Crippen molar-refractivity contribution in [3.05, 3.63) is 61.9 Å². The Morgan fingerprint density at radius 1 is 1.31 bits per heavy atom. The van der Waals surface area contributed by atoms with Gasteiger partial charge in [-0.25, -0.2) is 10.2 Å². The van der Waals surface area contributed by atoms with Gasteiger partial charge in [-0.1, -0.05) is 35.3 Å². The summed E-state index contributed by atoms with van der Waals surface area (Å²) < 4.78 is 1.72. The number of halogens is 2. The Bertz CT molecular complexity index is 882. The summed E-state index contributed by atoms with van der Waals surface area (Å²) in [5, 5.41) is 6.39. The Morgan fingerprint density at radius 3 is 3.00 bits per heavy atom. The molecule has 2 aliphatic rings. The molecule has 4 rings (SSSR count). The molecule has 0 aliphatic carbocycles. The molecule has 2 aromatic rings. The van der Waals surface area contributed by atoms with Gasteiger partial charge in [-0.05, 0) is 43.1 Å². The number of hydrazine groups is 1. The molecule has 1 saturated heterocycles. The molecule has 0 saturated carbocycles. The van der Waals surface area contributed by atoms with Crippen molar-refractivity contribution in [2.45, 2.75) is 19.5 Å². The van der Waals surface area contributed by atoms with Crippen LogP contribution in [0.5, 0.6) is 0 Å². The molecule has 8 heteroatoms. The Kier molecular flexibility index (Phi) is 5.09. The van der Waals surface area contributed by atoms with Crippen LogP contribution in [0.1, 0.15) is 23.4 Å². The number of fused-ring (bicyclic) bond motifs is 1. The number of hydrogen-bond acceptors (Lipinski definition) is 4. The highest BCUT2D eigenvalue weighted by Gasteiger charge is 2.21. The second-order valence-electron chi connectivity index (χ2n) is 6.75. The number of nitrogens with one attached hydrogen (secondary N) is 3. The lowest BCUT2D eigenvalue weighted by molar-refractivity contribution is 0.236. The first-order valence-electron chi connectivity index (χ1n) is 8.75. The van der Waals surface area contributed by atoms with Gasteiger partial charge in [-0.3, -0.25) is 4.57 Å². The van der Waals surface area contributed by atoms with Crippen molar-refractivity contribution in [3.63, 3.8) is 0 Å². The number of rotatable bonds is 5. The fourth-order valence-electron chi connectivity index (χ4n) is 3.46. The van der Waals surface area contributed by atoms with Crippen molar-refractivity contribution in [2.24, 2.45) is 5.92 Å². The quantitative estimate of drug-likeness (QED) is 0.729. The number of nitrogens with zero attached hydrogens (tertiary/aromatic N) is 2. The van der Waals surface area contributed by atoms with Crippen LogP contribution < -0.4 is 16.4 Å². The first-order chi connectivity index (χ1) is 12.6. The minimum Gasteiger partial charge on any atom is -0.316 e. The van der Waals surface area contributed by atoms with E-state index in [1.54, 1.807) is 10.6 Å². The molecule has 26 heavy (non-hydrogen) atoms. The highest BCUT2D eigenvalue weighted by atomic mass is 35.5. The lowest BCUT2D eigenvalue weighted by Gasteiger charge is -2.26. The van der Waals surface area contributed by atoms with Crippen LogP contribution >= 0.6 is 23.2 Å². The van der Waals surface area contributed by atoms with Gasteiger partial charge < -0.3 is 15.3 Å². The fraction of sp³-hybridized carbons (Fsp3) is 0.389. The van der Waals surface area contributed by atoms with Crippen LogP contribution in [0.15, 0.2) is 29.2 Å². The van der Waals surface area contributed by atoms with Crippen LogP contribution in [-0.2, 0) is 13.1 Å². The highest BCUT2D eigenvalue weighted by molar-refractivity contribution is 6.42. The Balaban J connectivity index is 1.52. The maximum atomic E-state index is 12.4. The third kappa shape index (κ3) is 3.55. The first kappa shape index (κ1) is 17.7. The van der Waals surface area contributed by atoms with Crippen molar-refractivity contribution in [3.8, 4) is 0 Å². The van der Waals surface area contributed by atoms with Crippen LogP contribution in [0.25, 0.3) is 6.08 Å². The monoisotopic (exact) mass is 393 g/mol. The molecule has 138 valence electrons. The second kappa shape index (κ2) is 7.48. The second-order valence-corrected chi connectivity index (χ2v) is 7.54. The number of benzene rings is 1. The fourth-order valence-corrected chi connectivity index (χ4v) is 3.84. The summed E-state index contributed by atoms with van der Waals surface area (Å²) in [6.45, 7) is 4.06. The zero-order valence-corrected chi connectivity index (χ0v) is 15.8. The van der Waals surface area contributed by atoms with Crippen LogP contribution in [0, 0.1) is 5.92 Å². The number of aromatic amines is 1. The topological polar surface area (TPSA) is 65.1 Å². The minimum atomic E-state index is -0.141. The Hall–Kier alpha value is -1.73.